The predicted molar refractivity (Wildman–Crippen MR) is 75.3 cm³/mol. The van der Waals surface area contributed by atoms with Gasteiger partial charge in [0, 0.05) is 13.1 Å². The Labute approximate surface area is 119 Å². The molecule has 1 saturated carbocycles. The SMILES string of the molecule is CN(CC(=O)NC1CCCCCC1)C(=O)c1ccco1. The average Bonchev–Trinajstić information content (AvgIpc) is 2.84. The van der Waals surface area contributed by atoms with Gasteiger partial charge in [0.05, 0.1) is 12.8 Å². The second kappa shape index (κ2) is 7.12. The number of likely N-dealkylation sites (N-methyl/N-ethyl adjacent to an activating group) is 1. The molecule has 0 unspecified atom stereocenters. The van der Waals surface area contributed by atoms with E-state index in [1.54, 1.807) is 19.2 Å². The van der Waals surface area contributed by atoms with Crippen LogP contribution in [0.25, 0.3) is 0 Å². The van der Waals surface area contributed by atoms with Crippen LogP contribution in [-0.2, 0) is 4.79 Å². The minimum Gasteiger partial charge on any atom is -0.459 e. The summed E-state index contributed by atoms with van der Waals surface area (Å²) in [6.45, 7) is 0.0655. The molecule has 1 heterocycles. The minimum atomic E-state index is -0.272. The molecule has 0 spiro atoms. The minimum absolute atomic E-state index is 0.0655. The van der Waals surface area contributed by atoms with Gasteiger partial charge < -0.3 is 14.6 Å². The van der Waals surface area contributed by atoms with E-state index in [4.69, 9.17) is 4.42 Å². The van der Waals surface area contributed by atoms with Crippen molar-refractivity contribution in [3.8, 4) is 0 Å². The van der Waals surface area contributed by atoms with Gasteiger partial charge in [-0.3, -0.25) is 9.59 Å². The van der Waals surface area contributed by atoms with E-state index >= 15 is 0 Å². The summed E-state index contributed by atoms with van der Waals surface area (Å²) in [5.74, 6) is -0.111. The van der Waals surface area contributed by atoms with Gasteiger partial charge in [0.1, 0.15) is 0 Å². The van der Waals surface area contributed by atoms with Crippen LogP contribution in [-0.4, -0.2) is 36.3 Å². The van der Waals surface area contributed by atoms with Gasteiger partial charge in [-0.25, -0.2) is 0 Å². The molecule has 110 valence electrons. The lowest BCUT2D eigenvalue weighted by atomic mass is 10.1. The van der Waals surface area contributed by atoms with Crippen molar-refractivity contribution in [3.63, 3.8) is 0 Å². The summed E-state index contributed by atoms with van der Waals surface area (Å²) in [6.07, 6.45) is 8.39. The third-order valence-electron chi connectivity index (χ3n) is 3.68. The molecule has 5 nitrogen and oxygen atoms in total. The highest BCUT2D eigenvalue weighted by molar-refractivity contribution is 5.94. The molecule has 1 N–H and O–H groups in total. The fourth-order valence-corrected chi connectivity index (χ4v) is 2.57. The number of nitrogens with zero attached hydrogens (tertiary/aromatic N) is 1. The van der Waals surface area contributed by atoms with Crippen LogP contribution in [0, 0.1) is 0 Å². The van der Waals surface area contributed by atoms with Crippen molar-refractivity contribution in [1.82, 2.24) is 10.2 Å². The normalized spacial score (nSPS) is 16.4. The van der Waals surface area contributed by atoms with Gasteiger partial charge in [0.25, 0.3) is 5.91 Å². The number of hydrogen-bond donors (Lipinski definition) is 1. The van der Waals surface area contributed by atoms with E-state index in [0.29, 0.717) is 0 Å². The van der Waals surface area contributed by atoms with Crippen molar-refractivity contribution in [1.29, 1.82) is 0 Å². The highest BCUT2D eigenvalue weighted by Crippen LogP contribution is 2.17. The van der Waals surface area contributed by atoms with Crippen LogP contribution >= 0.6 is 0 Å². The van der Waals surface area contributed by atoms with Gasteiger partial charge in [0.15, 0.2) is 5.76 Å². The maximum absolute atomic E-state index is 12.0. The fraction of sp³-hybridized carbons (Fsp3) is 0.600. The van der Waals surface area contributed by atoms with Crippen molar-refractivity contribution in [3.05, 3.63) is 24.2 Å². The molecule has 0 bridgehead atoms. The number of hydrogen-bond acceptors (Lipinski definition) is 3. The van der Waals surface area contributed by atoms with Crippen LogP contribution in [0.4, 0.5) is 0 Å². The zero-order chi connectivity index (χ0) is 14.4. The monoisotopic (exact) mass is 278 g/mol. The van der Waals surface area contributed by atoms with Crippen LogP contribution in [0.2, 0.25) is 0 Å². The van der Waals surface area contributed by atoms with Gasteiger partial charge in [-0.05, 0) is 25.0 Å². The molecule has 2 amide bonds. The summed E-state index contributed by atoms with van der Waals surface area (Å²) in [5, 5.41) is 3.03. The molecular weight excluding hydrogens is 256 g/mol. The number of rotatable bonds is 4. The highest BCUT2D eigenvalue weighted by Gasteiger charge is 2.19. The van der Waals surface area contributed by atoms with Gasteiger partial charge >= 0.3 is 0 Å². The Morgan fingerprint density at radius 2 is 2.00 bits per heavy atom. The third kappa shape index (κ3) is 4.11. The summed E-state index contributed by atoms with van der Waals surface area (Å²) in [5.41, 5.74) is 0. The molecule has 1 aliphatic rings. The van der Waals surface area contributed by atoms with E-state index in [-0.39, 0.29) is 30.2 Å². The lowest BCUT2D eigenvalue weighted by Crippen LogP contribution is -2.42. The van der Waals surface area contributed by atoms with Crippen LogP contribution in [0.15, 0.2) is 22.8 Å². The van der Waals surface area contributed by atoms with E-state index in [0.717, 1.165) is 12.8 Å². The van der Waals surface area contributed by atoms with Crippen LogP contribution in [0.5, 0.6) is 0 Å². The van der Waals surface area contributed by atoms with E-state index in [1.165, 1.54) is 36.8 Å². The summed E-state index contributed by atoms with van der Waals surface area (Å²) in [7, 11) is 1.61. The van der Waals surface area contributed by atoms with E-state index < -0.39 is 0 Å². The molecule has 1 aliphatic carbocycles. The first-order chi connectivity index (χ1) is 9.66. The molecule has 1 aromatic heterocycles. The van der Waals surface area contributed by atoms with Gasteiger partial charge in [-0.15, -0.1) is 0 Å². The summed E-state index contributed by atoms with van der Waals surface area (Å²) in [4.78, 5) is 25.3. The maximum Gasteiger partial charge on any atom is 0.289 e. The van der Waals surface area contributed by atoms with E-state index in [9.17, 15) is 9.59 Å². The van der Waals surface area contributed by atoms with Crippen LogP contribution in [0.1, 0.15) is 49.1 Å². The number of carbonyl (C=O) groups excluding carboxylic acids is 2. The summed E-state index contributed by atoms with van der Waals surface area (Å²) >= 11 is 0. The van der Waals surface area contributed by atoms with Gasteiger partial charge in [0.2, 0.25) is 5.91 Å². The zero-order valence-electron chi connectivity index (χ0n) is 11.9. The Bertz CT molecular complexity index is 434. The van der Waals surface area contributed by atoms with Crippen molar-refractivity contribution in [2.45, 2.75) is 44.6 Å². The molecule has 0 radical (unpaired) electrons. The first kappa shape index (κ1) is 14.6. The lowest BCUT2D eigenvalue weighted by Gasteiger charge is -2.19. The standard InChI is InChI=1S/C15H22N2O3/c1-17(15(19)13-9-6-10-20-13)11-14(18)16-12-7-4-2-3-5-8-12/h6,9-10,12H,2-5,7-8,11H2,1H3,(H,16,18). The topological polar surface area (TPSA) is 62.6 Å². The maximum atomic E-state index is 12.0. The Balaban J connectivity index is 1.80. The van der Waals surface area contributed by atoms with Crippen LogP contribution in [0.3, 0.4) is 0 Å². The molecule has 0 aliphatic heterocycles. The number of furan rings is 1. The highest BCUT2D eigenvalue weighted by atomic mass is 16.3. The zero-order valence-corrected chi connectivity index (χ0v) is 11.9. The molecule has 1 fully saturated rings. The quantitative estimate of drug-likeness (QED) is 0.859. The van der Waals surface area contributed by atoms with Crippen molar-refractivity contribution in [2.75, 3.05) is 13.6 Å². The molecule has 5 heteroatoms. The Kier molecular flexibility index (Phi) is 5.21. The second-order valence-corrected chi connectivity index (χ2v) is 5.39. The fourth-order valence-electron chi connectivity index (χ4n) is 2.57. The van der Waals surface area contributed by atoms with Crippen molar-refractivity contribution >= 4 is 11.8 Å². The Morgan fingerprint density at radius 3 is 2.60 bits per heavy atom. The Morgan fingerprint density at radius 1 is 1.30 bits per heavy atom. The number of nitrogens with one attached hydrogen (secondary N) is 1. The molecular formula is C15H22N2O3. The predicted octanol–water partition coefficient (Wildman–Crippen LogP) is 2.19. The van der Waals surface area contributed by atoms with Gasteiger partial charge in [-0.2, -0.15) is 0 Å². The van der Waals surface area contributed by atoms with E-state index in [2.05, 4.69) is 5.32 Å². The number of amides is 2. The van der Waals surface area contributed by atoms with Gasteiger partial charge in [-0.1, -0.05) is 25.7 Å². The van der Waals surface area contributed by atoms with Crippen molar-refractivity contribution < 1.29 is 14.0 Å². The van der Waals surface area contributed by atoms with E-state index in [1.807, 2.05) is 0 Å². The molecule has 2 rings (SSSR count). The molecule has 0 saturated heterocycles. The molecule has 0 atom stereocenters. The summed E-state index contributed by atoms with van der Waals surface area (Å²) < 4.78 is 5.04. The lowest BCUT2D eigenvalue weighted by molar-refractivity contribution is -0.122. The smallest absolute Gasteiger partial charge is 0.289 e. The van der Waals surface area contributed by atoms with Crippen LogP contribution < -0.4 is 5.32 Å². The Hall–Kier alpha value is -1.78. The largest absolute Gasteiger partial charge is 0.459 e. The average molecular weight is 278 g/mol. The van der Waals surface area contributed by atoms with Crippen molar-refractivity contribution in [2.24, 2.45) is 0 Å². The number of carbonyl (C=O) groups is 2. The molecule has 20 heavy (non-hydrogen) atoms. The first-order valence-electron chi connectivity index (χ1n) is 7.25. The first-order valence-corrected chi connectivity index (χ1v) is 7.25. The molecule has 1 aromatic rings. The summed E-state index contributed by atoms with van der Waals surface area (Å²) in [6, 6.07) is 3.52. The second-order valence-electron chi connectivity index (χ2n) is 5.39. The molecule has 0 aromatic carbocycles. The third-order valence-corrected chi connectivity index (χ3v) is 3.68.